The average molecular weight is 182 g/mol. The van der Waals surface area contributed by atoms with Crippen LogP contribution in [-0.4, -0.2) is 13.1 Å². The van der Waals surface area contributed by atoms with Crippen LogP contribution in [0.25, 0.3) is 0 Å². The van der Waals surface area contributed by atoms with Crippen molar-refractivity contribution in [1.82, 2.24) is 0 Å². The van der Waals surface area contributed by atoms with Crippen LogP contribution in [0.4, 0.5) is 0 Å². The molecule has 0 amide bonds. The van der Waals surface area contributed by atoms with Crippen LogP contribution in [0.3, 0.4) is 0 Å². The summed E-state index contributed by atoms with van der Waals surface area (Å²) in [5, 5.41) is 0. The maximum Gasteiger partial charge on any atom is 0.206 e. The van der Waals surface area contributed by atoms with E-state index in [1.54, 1.807) is 0 Å². The summed E-state index contributed by atoms with van der Waals surface area (Å²) >= 11 is 0. The van der Waals surface area contributed by atoms with E-state index < -0.39 is 8.32 Å². The van der Waals surface area contributed by atoms with Gasteiger partial charge in [-0.1, -0.05) is 23.4 Å². The molecule has 1 rings (SSSR count). The van der Waals surface area contributed by atoms with E-state index >= 15 is 0 Å². The van der Waals surface area contributed by atoms with E-state index in [1.807, 2.05) is 18.8 Å². The average Bonchev–Trinajstić information content (AvgIpc) is 2.02. The third-order valence-corrected chi connectivity index (χ3v) is 3.01. The molecule has 68 valence electrons. The van der Waals surface area contributed by atoms with Crippen LogP contribution >= 0.6 is 0 Å². The van der Waals surface area contributed by atoms with Gasteiger partial charge < -0.3 is 4.80 Å². The lowest BCUT2D eigenvalue weighted by Crippen LogP contribution is -2.21. The fourth-order valence-corrected chi connectivity index (χ4v) is 1.95. The van der Waals surface area contributed by atoms with Crippen molar-refractivity contribution in [2.45, 2.75) is 38.8 Å². The summed E-state index contributed by atoms with van der Waals surface area (Å²) in [5.74, 6) is 0. The molecule has 0 aromatic heterocycles. The lowest BCUT2D eigenvalue weighted by atomic mass is 10.00. The maximum absolute atomic E-state index is 9.57. The predicted molar refractivity (Wildman–Crippen MR) is 55.4 cm³/mol. The minimum absolute atomic E-state index is 1.20. The van der Waals surface area contributed by atoms with Gasteiger partial charge in [-0.05, 0) is 38.8 Å². The molecule has 0 spiro atoms. The first kappa shape index (κ1) is 9.74. The van der Waals surface area contributed by atoms with E-state index in [4.69, 9.17) is 0 Å². The normalized spacial score (nSPS) is 19.8. The van der Waals surface area contributed by atoms with E-state index in [0.717, 1.165) is 0 Å². The minimum atomic E-state index is -1.96. The van der Waals surface area contributed by atoms with Crippen LogP contribution in [0.2, 0.25) is 13.1 Å². The van der Waals surface area contributed by atoms with Crippen molar-refractivity contribution >= 4 is 8.32 Å². The molecule has 1 aliphatic rings. The molecule has 0 saturated carbocycles. The van der Waals surface area contributed by atoms with Gasteiger partial charge in [-0.25, -0.2) is 0 Å². The van der Waals surface area contributed by atoms with Gasteiger partial charge in [-0.15, -0.1) is 0 Å². The monoisotopic (exact) mass is 182 g/mol. The van der Waals surface area contributed by atoms with Crippen molar-refractivity contribution in [2.24, 2.45) is 0 Å². The highest BCUT2D eigenvalue weighted by Crippen LogP contribution is 2.18. The third-order valence-electron chi connectivity index (χ3n) is 2.03. The fourth-order valence-electron chi connectivity index (χ4n) is 1.33. The molecule has 0 unspecified atom stereocenters. The quantitative estimate of drug-likeness (QED) is 0.651. The minimum Gasteiger partial charge on any atom is -0.428 e. The Kier molecular flexibility index (Phi) is 3.29. The zero-order valence-electron chi connectivity index (χ0n) is 8.01. The second-order valence-electron chi connectivity index (χ2n) is 4.01. The summed E-state index contributed by atoms with van der Waals surface area (Å²) in [4.78, 5) is 9.57. The predicted octanol–water partition coefficient (Wildman–Crippen LogP) is 2.78. The van der Waals surface area contributed by atoms with Crippen LogP contribution in [0.5, 0.6) is 0 Å². The molecule has 0 saturated heterocycles. The van der Waals surface area contributed by atoms with E-state index in [-0.39, 0.29) is 0 Å². The smallest absolute Gasteiger partial charge is 0.206 e. The Balaban J connectivity index is 2.49. The molecule has 12 heavy (non-hydrogen) atoms. The zero-order chi connectivity index (χ0) is 9.03. The van der Waals surface area contributed by atoms with E-state index in [0.29, 0.717) is 0 Å². The molecular weight excluding hydrogens is 164 g/mol. The molecule has 0 radical (unpaired) electrons. The van der Waals surface area contributed by atoms with Crippen LogP contribution < -0.4 is 0 Å². The molecule has 0 aromatic rings. The topological polar surface area (TPSA) is 20.2 Å². The summed E-state index contributed by atoms with van der Waals surface area (Å²) in [7, 11) is -1.96. The second kappa shape index (κ2) is 4.05. The van der Waals surface area contributed by atoms with Gasteiger partial charge in [0.15, 0.2) is 0 Å². The third kappa shape index (κ3) is 3.88. The first-order valence-corrected chi connectivity index (χ1v) is 7.71. The summed E-state index contributed by atoms with van der Waals surface area (Å²) in [5.41, 5.74) is 3.42. The van der Waals surface area contributed by atoms with Gasteiger partial charge in [-0.3, -0.25) is 0 Å². The Morgan fingerprint density at radius 2 is 2.17 bits per heavy atom. The number of hydrogen-bond acceptors (Lipinski definition) is 1. The molecule has 0 fully saturated rings. The van der Waals surface area contributed by atoms with E-state index in [9.17, 15) is 4.80 Å². The van der Waals surface area contributed by atoms with Crippen LogP contribution in [0.1, 0.15) is 25.7 Å². The zero-order valence-corrected chi connectivity index (χ0v) is 9.01. The van der Waals surface area contributed by atoms with Crippen molar-refractivity contribution in [3.05, 3.63) is 23.4 Å². The maximum atomic E-state index is 9.57. The SMILES string of the molecule is C[Si](C)(O)/C=C/C1=CCCCC1. The number of rotatable bonds is 2. The summed E-state index contributed by atoms with van der Waals surface area (Å²) in [6.07, 6.45) is 9.46. The second-order valence-corrected chi connectivity index (χ2v) is 7.65. The van der Waals surface area contributed by atoms with Crippen molar-refractivity contribution in [3.63, 3.8) is 0 Å². The Morgan fingerprint density at radius 3 is 2.67 bits per heavy atom. The molecule has 0 atom stereocenters. The van der Waals surface area contributed by atoms with Gasteiger partial charge in [0.1, 0.15) is 0 Å². The molecular formula is C10H18OSi. The highest BCUT2D eigenvalue weighted by atomic mass is 28.4. The molecule has 1 N–H and O–H groups in total. The van der Waals surface area contributed by atoms with Gasteiger partial charge in [0.05, 0.1) is 0 Å². The van der Waals surface area contributed by atoms with Crippen molar-refractivity contribution in [3.8, 4) is 0 Å². The Morgan fingerprint density at radius 1 is 1.42 bits per heavy atom. The highest BCUT2D eigenvalue weighted by molar-refractivity contribution is 6.74. The molecule has 0 aliphatic heterocycles. The van der Waals surface area contributed by atoms with E-state index in [1.165, 1.54) is 31.3 Å². The van der Waals surface area contributed by atoms with E-state index in [2.05, 4.69) is 12.2 Å². The lowest BCUT2D eigenvalue weighted by molar-refractivity contribution is 0.567. The van der Waals surface area contributed by atoms with Gasteiger partial charge in [0.2, 0.25) is 8.32 Å². The number of hydrogen-bond donors (Lipinski definition) is 1. The fraction of sp³-hybridized carbons (Fsp3) is 0.600. The van der Waals surface area contributed by atoms with Crippen LogP contribution in [0, 0.1) is 0 Å². The molecule has 0 heterocycles. The Hall–Kier alpha value is -0.343. The molecule has 1 nitrogen and oxygen atoms in total. The van der Waals surface area contributed by atoms with Gasteiger partial charge in [0, 0.05) is 0 Å². The van der Waals surface area contributed by atoms with Gasteiger partial charge in [0.25, 0.3) is 0 Å². The highest BCUT2D eigenvalue weighted by Gasteiger charge is 2.11. The summed E-state index contributed by atoms with van der Waals surface area (Å²) in [6.45, 7) is 3.87. The molecule has 2 heteroatoms. The number of allylic oxidation sites excluding steroid dienone is 3. The molecule has 0 bridgehead atoms. The van der Waals surface area contributed by atoms with Crippen molar-refractivity contribution < 1.29 is 4.80 Å². The Labute approximate surface area is 75.9 Å². The molecule has 0 aromatic carbocycles. The molecule has 1 aliphatic carbocycles. The summed E-state index contributed by atoms with van der Waals surface area (Å²) in [6, 6.07) is 0. The van der Waals surface area contributed by atoms with Crippen LogP contribution in [-0.2, 0) is 0 Å². The van der Waals surface area contributed by atoms with Crippen molar-refractivity contribution in [2.75, 3.05) is 0 Å². The Bertz CT molecular complexity index is 198. The summed E-state index contributed by atoms with van der Waals surface area (Å²) < 4.78 is 0. The van der Waals surface area contributed by atoms with Crippen LogP contribution in [0.15, 0.2) is 23.4 Å². The van der Waals surface area contributed by atoms with Gasteiger partial charge >= 0.3 is 0 Å². The standard InChI is InChI=1S/C10H18OSi/c1-12(2,11)9-8-10-6-4-3-5-7-10/h6,8-9,11H,3-5,7H2,1-2H3/b9-8+. The largest absolute Gasteiger partial charge is 0.428 e. The van der Waals surface area contributed by atoms with Gasteiger partial charge in [-0.2, -0.15) is 0 Å². The van der Waals surface area contributed by atoms with Crippen molar-refractivity contribution in [1.29, 1.82) is 0 Å². The first-order chi connectivity index (χ1) is 5.58. The lowest BCUT2D eigenvalue weighted by Gasteiger charge is -2.11. The first-order valence-electron chi connectivity index (χ1n) is 4.68.